The third kappa shape index (κ3) is 2.81. The number of hydrogen-bond acceptors (Lipinski definition) is 3. The number of aromatic amines is 1. The second-order valence-corrected chi connectivity index (χ2v) is 5.52. The van der Waals surface area contributed by atoms with Crippen LogP contribution in [0, 0.1) is 18.7 Å². The Hall–Kier alpha value is -1.91. The van der Waals surface area contributed by atoms with Gasteiger partial charge in [0.25, 0.3) is 0 Å². The van der Waals surface area contributed by atoms with Gasteiger partial charge in [-0.2, -0.15) is 5.10 Å². The van der Waals surface area contributed by atoms with E-state index in [1.165, 1.54) is 29.9 Å². The molecule has 4 nitrogen and oxygen atoms in total. The second-order valence-electron chi connectivity index (χ2n) is 5.52. The molecule has 0 amide bonds. The third-order valence-corrected chi connectivity index (χ3v) is 3.98. The zero-order chi connectivity index (χ0) is 13.9. The van der Waals surface area contributed by atoms with Crippen LogP contribution >= 0.6 is 0 Å². The summed E-state index contributed by atoms with van der Waals surface area (Å²) in [5.41, 5.74) is 2.45. The van der Waals surface area contributed by atoms with Crippen LogP contribution in [0.15, 0.2) is 24.5 Å². The van der Waals surface area contributed by atoms with Crippen molar-refractivity contribution in [3.05, 3.63) is 41.6 Å². The van der Waals surface area contributed by atoms with Crippen molar-refractivity contribution in [3.8, 4) is 0 Å². The predicted octanol–water partition coefficient (Wildman–Crippen LogP) is 2.71. The van der Waals surface area contributed by atoms with E-state index in [0.717, 1.165) is 31.7 Å². The fourth-order valence-corrected chi connectivity index (χ4v) is 2.86. The van der Waals surface area contributed by atoms with Crippen LogP contribution < -0.4 is 4.90 Å². The first-order valence-electron chi connectivity index (χ1n) is 7.07. The van der Waals surface area contributed by atoms with E-state index >= 15 is 0 Å². The summed E-state index contributed by atoms with van der Waals surface area (Å²) in [6, 6.07) is 3.24. The average molecular weight is 274 g/mol. The van der Waals surface area contributed by atoms with Gasteiger partial charge in [0.15, 0.2) is 0 Å². The molecule has 0 aromatic carbocycles. The van der Waals surface area contributed by atoms with Crippen molar-refractivity contribution in [3.63, 3.8) is 0 Å². The van der Waals surface area contributed by atoms with Gasteiger partial charge in [-0.15, -0.1) is 0 Å². The number of rotatable bonds is 3. The van der Waals surface area contributed by atoms with Crippen molar-refractivity contribution < 1.29 is 4.39 Å². The normalized spacial score (nSPS) is 19.3. The number of H-pyrrole nitrogens is 1. The van der Waals surface area contributed by atoms with E-state index in [1.807, 2.05) is 6.20 Å². The van der Waals surface area contributed by atoms with Crippen LogP contribution in [-0.2, 0) is 6.42 Å². The lowest BCUT2D eigenvalue weighted by atomic mass is 9.92. The smallest absolute Gasteiger partial charge is 0.141 e. The lowest BCUT2D eigenvalue weighted by Gasteiger charge is -2.33. The van der Waals surface area contributed by atoms with E-state index in [9.17, 15) is 4.39 Å². The van der Waals surface area contributed by atoms with Gasteiger partial charge in [0.05, 0.1) is 12.4 Å². The Morgan fingerprint density at radius 2 is 2.30 bits per heavy atom. The molecule has 2 aromatic rings. The van der Waals surface area contributed by atoms with Crippen molar-refractivity contribution in [1.29, 1.82) is 0 Å². The monoisotopic (exact) mass is 274 g/mol. The molecule has 1 saturated heterocycles. The molecule has 1 fully saturated rings. The number of halogens is 1. The lowest BCUT2D eigenvalue weighted by molar-refractivity contribution is 0.407. The Morgan fingerprint density at radius 3 is 3.00 bits per heavy atom. The van der Waals surface area contributed by atoms with E-state index in [1.54, 1.807) is 6.07 Å². The van der Waals surface area contributed by atoms with E-state index in [0.29, 0.717) is 5.92 Å². The first-order chi connectivity index (χ1) is 9.72. The SMILES string of the molecule is Cc1cn[nH]c1C[C@@H]1CCCN(c2ccc(F)cn2)C1. The standard InChI is InChI=1S/C15H19FN4/c1-11-8-18-19-14(11)7-12-3-2-6-20(10-12)15-5-4-13(16)9-17-15/h4-5,8-9,12H,2-3,6-7,10H2,1H3,(H,18,19)/t12-/m0/s1. The number of hydrogen-bond donors (Lipinski definition) is 1. The first-order valence-corrected chi connectivity index (χ1v) is 7.07. The minimum absolute atomic E-state index is 0.282. The Bertz CT molecular complexity index is 564. The predicted molar refractivity (Wildman–Crippen MR) is 76.2 cm³/mol. The summed E-state index contributed by atoms with van der Waals surface area (Å²) in [6.07, 6.45) is 6.55. The highest BCUT2D eigenvalue weighted by Gasteiger charge is 2.22. The molecule has 0 spiro atoms. The molecule has 0 radical (unpaired) electrons. The lowest BCUT2D eigenvalue weighted by Crippen LogP contribution is -2.36. The molecule has 3 rings (SSSR count). The van der Waals surface area contributed by atoms with Crippen molar-refractivity contribution in [2.75, 3.05) is 18.0 Å². The van der Waals surface area contributed by atoms with Gasteiger partial charge in [0.2, 0.25) is 0 Å². The number of piperidine rings is 1. The van der Waals surface area contributed by atoms with E-state index in [4.69, 9.17) is 0 Å². The molecule has 106 valence electrons. The Morgan fingerprint density at radius 1 is 1.40 bits per heavy atom. The molecule has 1 aliphatic heterocycles. The summed E-state index contributed by atoms with van der Waals surface area (Å²) < 4.78 is 12.9. The molecule has 0 unspecified atom stereocenters. The van der Waals surface area contributed by atoms with E-state index < -0.39 is 0 Å². The molecule has 1 atom stereocenters. The van der Waals surface area contributed by atoms with Crippen LogP contribution in [0.3, 0.4) is 0 Å². The van der Waals surface area contributed by atoms with Crippen LogP contribution in [0.25, 0.3) is 0 Å². The van der Waals surface area contributed by atoms with Crippen LogP contribution in [-0.4, -0.2) is 28.3 Å². The van der Waals surface area contributed by atoms with Crippen molar-refractivity contribution in [1.82, 2.24) is 15.2 Å². The number of aromatic nitrogens is 3. The number of nitrogens with one attached hydrogen (secondary N) is 1. The minimum Gasteiger partial charge on any atom is -0.356 e. The topological polar surface area (TPSA) is 44.8 Å². The zero-order valence-corrected chi connectivity index (χ0v) is 11.6. The largest absolute Gasteiger partial charge is 0.356 e. The fourth-order valence-electron chi connectivity index (χ4n) is 2.86. The molecule has 1 N–H and O–H groups in total. The summed E-state index contributed by atoms with van der Waals surface area (Å²) in [7, 11) is 0. The van der Waals surface area contributed by atoms with Gasteiger partial charge < -0.3 is 4.90 Å². The highest BCUT2D eigenvalue weighted by molar-refractivity contribution is 5.38. The summed E-state index contributed by atoms with van der Waals surface area (Å²) >= 11 is 0. The molecule has 0 aliphatic carbocycles. The summed E-state index contributed by atoms with van der Waals surface area (Å²) in [4.78, 5) is 6.43. The summed E-state index contributed by atoms with van der Waals surface area (Å²) in [5.74, 6) is 1.18. The molecule has 3 heterocycles. The average Bonchev–Trinajstić information content (AvgIpc) is 2.85. The van der Waals surface area contributed by atoms with Gasteiger partial charge in [-0.25, -0.2) is 9.37 Å². The molecule has 5 heteroatoms. The second kappa shape index (κ2) is 5.61. The van der Waals surface area contributed by atoms with Gasteiger partial charge >= 0.3 is 0 Å². The Kier molecular flexibility index (Phi) is 3.67. The van der Waals surface area contributed by atoms with Crippen LogP contribution in [0.2, 0.25) is 0 Å². The van der Waals surface area contributed by atoms with Gasteiger partial charge in [0, 0.05) is 18.8 Å². The molecular formula is C15H19FN4. The van der Waals surface area contributed by atoms with E-state index in [2.05, 4.69) is 27.0 Å². The van der Waals surface area contributed by atoms with Gasteiger partial charge in [-0.3, -0.25) is 5.10 Å². The number of pyridine rings is 1. The summed E-state index contributed by atoms with van der Waals surface area (Å²) in [6.45, 7) is 4.05. The number of anilines is 1. The third-order valence-electron chi connectivity index (χ3n) is 3.98. The minimum atomic E-state index is -0.282. The van der Waals surface area contributed by atoms with Crippen molar-refractivity contribution in [2.24, 2.45) is 5.92 Å². The zero-order valence-electron chi connectivity index (χ0n) is 11.6. The Balaban J connectivity index is 1.67. The van der Waals surface area contributed by atoms with Crippen LogP contribution in [0.4, 0.5) is 10.2 Å². The van der Waals surface area contributed by atoms with Gasteiger partial charge in [0.1, 0.15) is 11.6 Å². The molecule has 1 aliphatic rings. The van der Waals surface area contributed by atoms with Gasteiger partial charge in [-0.05, 0) is 49.8 Å². The Labute approximate surface area is 118 Å². The maximum atomic E-state index is 12.9. The van der Waals surface area contributed by atoms with Crippen LogP contribution in [0.1, 0.15) is 24.1 Å². The quantitative estimate of drug-likeness (QED) is 0.936. The molecule has 20 heavy (non-hydrogen) atoms. The molecule has 0 saturated carbocycles. The fraction of sp³-hybridized carbons (Fsp3) is 0.467. The van der Waals surface area contributed by atoms with Crippen molar-refractivity contribution >= 4 is 5.82 Å². The first kappa shape index (κ1) is 13.1. The highest BCUT2D eigenvalue weighted by atomic mass is 19.1. The summed E-state index contributed by atoms with van der Waals surface area (Å²) in [5, 5.41) is 7.16. The van der Waals surface area contributed by atoms with Gasteiger partial charge in [-0.1, -0.05) is 0 Å². The maximum absolute atomic E-state index is 12.9. The van der Waals surface area contributed by atoms with Crippen molar-refractivity contribution in [2.45, 2.75) is 26.2 Å². The maximum Gasteiger partial charge on any atom is 0.141 e. The molecule has 2 aromatic heterocycles. The number of nitrogens with zero attached hydrogens (tertiary/aromatic N) is 3. The highest BCUT2D eigenvalue weighted by Crippen LogP contribution is 2.24. The van der Waals surface area contributed by atoms with E-state index in [-0.39, 0.29) is 5.82 Å². The molecular weight excluding hydrogens is 255 g/mol. The van der Waals surface area contributed by atoms with Crippen LogP contribution in [0.5, 0.6) is 0 Å². The number of aryl methyl sites for hydroxylation is 1. The molecule has 0 bridgehead atoms.